The van der Waals surface area contributed by atoms with Crippen LogP contribution in [0, 0.1) is 11.7 Å². The van der Waals surface area contributed by atoms with Crippen LogP contribution in [0.3, 0.4) is 0 Å². The molecule has 1 fully saturated rings. The van der Waals surface area contributed by atoms with E-state index >= 15 is 0 Å². The Hall–Kier alpha value is -2.69. The Kier molecular flexibility index (Phi) is 4.60. The Morgan fingerprint density at radius 1 is 1.08 bits per heavy atom. The molecule has 4 nitrogen and oxygen atoms in total. The van der Waals surface area contributed by atoms with Crippen LogP contribution in [-0.2, 0) is 4.79 Å². The first-order valence-corrected chi connectivity index (χ1v) is 7.93. The molecule has 1 aliphatic heterocycles. The fourth-order valence-electron chi connectivity index (χ4n) is 2.98. The topological polar surface area (TPSA) is 40.6 Å². The predicted molar refractivity (Wildman–Crippen MR) is 90.3 cm³/mol. The van der Waals surface area contributed by atoms with Crippen molar-refractivity contribution in [2.24, 2.45) is 5.92 Å². The van der Waals surface area contributed by atoms with Gasteiger partial charge in [-0.25, -0.2) is 4.39 Å². The maximum absolute atomic E-state index is 13.0. The number of hydrogen-bond acceptors (Lipinski definition) is 2. The van der Waals surface area contributed by atoms with Crippen molar-refractivity contribution in [2.45, 2.75) is 6.42 Å². The van der Waals surface area contributed by atoms with Crippen LogP contribution < -0.4 is 4.90 Å². The molecule has 1 heterocycles. The van der Waals surface area contributed by atoms with Crippen LogP contribution in [0.5, 0.6) is 0 Å². The van der Waals surface area contributed by atoms with Crippen molar-refractivity contribution in [3.63, 3.8) is 0 Å². The van der Waals surface area contributed by atoms with Crippen molar-refractivity contribution in [1.82, 2.24) is 4.90 Å². The van der Waals surface area contributed by atoms with Crippen molar-refractivity contribution in [2.75, 3.05) is 25.0 Å². The van der Waals surface area contributed by atoms with E-state index in [-0.39, 0.29) is 23.5 Å². The molecule has 5 heteroatoms. The Bertz CT molecular complexity index is 731. The second-order valence-corrected chi connectivity index (χ2v) is 5.98. The van der Waals surface area contributed by atoms with Crippen LogP contribution >= 0.6 is 0 Å². The Morgan fingerprint density at radius 3 is 2.42 bits per heavy atom. The lowest BCUT2D eigenvalue weighted by molar-refractivity contribution is -0.121. The number of carbonyl (C=O) groups excluding carboxylic acids is 2. The molecule has 1 saturated heterocycles. The first-order valence-electron chi connectivity index (χ1n) is 7.93. The molecular weight excluding hydrogens is 307 g/mol. The van der Waals surface area contributed by atoms with Gasteiger partial charge in [-0.15, -0.1) is 0 Å². The van der Waals surface area contributed by atoms with Gasteiger partial charge in [0.2, 0.25) is 5.91 Å². The number of hydrogen-bond donors (Lipinski definition) is 0. The molecule has 0 aliphatic carbocycles. The molecule has 0 aromatic heterocycles. The zero-order valence-electron chi connectivity index (χ0n) is 13.5. The van der Waals surface area contributed by atoms with E-state index in [1.807, 2.05) is 18.2 Å². The molecule has 1 aliphatic rings. The molecule has 3 rings (SSSR count). The van der Waals surface area contributed by atoms with E-state index < -0.39 is 0 Å². The number of likely N-dealkylation sites (tertiary alicyclic amines) is 1. The highest BCUT2D eigenvalue weighted by atomic mass is 19.1. The number of anilines is 1. The molecule has 0 saturated carbocycles. The lowest BCUT2D eigenvalue weighted by atomic mass is 10.1. The number of benzene rings is 2. The van der Waals surface area contributed by atoms with Crippen LogP contribution in [0.4, 0.5) is 10.1 Å². The smallest absolute Gasteiger partial charge is 0.253 e. The Labute approximate surface area is 140 Å². The number of amides is 2. The molecule has 0 radical (unpaired) electrons. The van der Waals surface area contributed by atoms with E-state index in [1.54, 1.807) is 36.2 Å². The SMILES string of the molecule is CN(C(=O)C1CCN(C(=O)c2ccccc2)C1)c1ccc(F)cc1. The van der Waals surface area contributed by atoms with Crippen LogP contribution in [0.15, 0.2) is 54.6 Å². The van der Waals surface area contributed by atoms with E-state index in [4.69, 9.17) is 0 Å². The number of nitrogens with zero attached hydrogens (tertiary/aromatic N) is 2. The predicted octanol–water partition coefficient (Wildman–Crippen LogP) is 2.95. The highest BCUT2D eigenvalue weighted by molar-refractivity contribution is 5.97. The lowest BCUT2D eigenvalue weighted by Crippen LogP contribution is -2.36. The van der Waals surface area contributed by atoms with Crippen molar-refractivity contribution in [1.29, 1.82) is 0 Å². The number of rotatable bonds is 3. The fraction of sp³-hybridized carbons (Fsp3) is 0.263. The third-order valence-electron chi connectivity index (χ3n) is 4.39. The first kappa shape index (κ1) is 16.2. The van der Waals surface area contributed by atoms with Crippen LogP contribution in [0.1, 0.15) is 16.8 Å². The number of halogens is 1. The quantitative estimate of drug-likeness (QED) is 0.870. The maximum Gasteiger partial charge on any atom is 0.253 e. The van der Waals surface area contributed by atoms with E-state index in [1.165, 1.54) is 17.0 Å². The average molecular weight is 326 g/mol. The molecule has 2 amide bonds. The lowest BCUT2D eigenvalue weighted by Gasteiger charge is -2.22. The first-order chi connectivity index (χ1) is 11.6. The molecular formula is C19H19FN2O2. The minimum absolute atomic E-state index is 0.0460. The zero-order valence-corrected chi connectivity index (χ0v) is 13.5. The monoisotopic (exact) mass is 326 g/mol. The van der Waals surface area contributed by atoms with Crippen molar-refractivity contribution < 1.29 is 14.0 Å². The molecule has 1 atom stereocenters. The third-order valence-corrected chi connectivity index (χ3v) is 4.39. The standard InChI is InChI=1S/C19H19FN2O2/c1-21(17-9-7-16(20)8-10-17)18(23)15-11-12-22(13-15)19(24)14-5-3-2-4-6-14/h2-10,15H,11-13H2,1H3. The van der Waals surface area contributed by atoms with E-state index in [0.29, 0.717) is 30.8 Å². The van der Waals surface area contributed by atoms with Crippen molar-refractivity contribution >= 4 is 17.5 Å². The van der Waals surface area contributed by atoms with Crippen LogP contribution in [0.2, 0.25) is 0 Å². The van der Waals surface area contributed by atoms with Gasteiger partial charge in [0.1, 0.15) is 5.82 Å². The fourth-order valence-corrected chi connectivity index (χ4v) is 2.98. The van der Waals surface area contributed by atoms with E-state index in [0.717, 1.165) is 0 Å². The molecule has 1 unspecified atom stereocenters. The summed E-state index contributed by atoms with van der Waals surface area (Å²) in [6.07, 6.45) is 0.642. The summed E-state index contributed by atoms with van der Waals surface area (Å²) >= 11 is 0. The summed E-state index contributed by atoms with van der Waals surface area (Å²) in [5.41, 5.74) is 1.28. The zero-order chi connectivity index (χ0) is 17.1. The number of carbonyl (C=O) groups is 2. The summed E-state index contributed by atoms with van der Waals surface area (Å²) < 4.78 is 13.0. The second kappa shape index (κ2) is 6.83. The summed E-state index contributed by atoms with van der Waals surface area (Å²) in [6.45, 7) is 0.986. The molecule has 2 aromatic carbocycles. The van der Waals surface area contributed by atoms with Gasteiger partial charge >= 0.3 is 0 Å². The van der Waals surface area contributed by atoms with Gasteiger partial charge in [0.15, 0.2) is 0 Å². The van der Waals surface area contributed by atoms with Crippen molar-refractivity contribution in [3.8, 4) is 0 Å². The van der Waals surface area contributed by atoms with E-state index in [9.17, 15) is 14.0 Å². The van der Waals surface area contributed by atoms with Crippen LogP contribution in [0.25, 0.3) is 0 Å². The van der Waals surface area contributed by atoms with Crippen molar-refractivity contribution in [3.05, 3.63) is 66.0 Å². The normalized spacial score (nSPS) is 16.9. The average Bonchev–Trinajstić information content (AvgIpc) is 3.11. The third kappa shape index (κ3) is 3.30. The van der Waals surface area contributed by atoms with Crippen LogP contribution in [-0.4, -0.2) is 36.9 Å². The van der Waals surface area contributed by atoms with Gasteiger partial charge in [0.25, 0.3) is 5.91 Å². The Balaban J connectivity index is 1.65. The Morgan fingerprint density at radius 2 is 1.75 bits per heavy atom. The summed E-state index contributed by atoms with van der Waals surface area (Å²) in [7, 11) is 1.68. The van der Waals surface area contributed by atoms with Gasteiger partial charge < -0.3 is 9.80 Å². The molecule has 0 bridgehead atoms. The molecule has 24 heavy (non-hydrogen) atoms. The van der Waals surface area contributed by atoms with Gasteiger partial charge in [0.05, 0.1) is 5.92 Å². The minimum atomic E-state index is -0.333. The summed E-state index contributed by atoms with van der Waals surface area (Å²) in [5.74, 6) is -0.659. The highest BCUT2D eigenvalue weighted by Gasteiger charge is 2.33. The molecule has 124 valence electrons. The van der Waals surface area contributed by atoms with Gasteiger partial charge in [0, 0.05) is 31.4 Å². The molecule has 2 aromatic rings. The van der Waals surface area contributed by atoms with Gasteiger partial charge in [-0.3, -0.25) is 9.59 Å². The van der Waals surface area contributed by atoms with E-state index in [2.05, 4.69) is 0 Å². The summed E-state index contributed by atoms with van der Waals surface area (Å²) in [5, 5.41) is 0. The molecule has 0 N–H and O–H groups in total. The molecule has 0 spiro atoms. The van der Waals surface area contributed by atoms with Gasteiger partial charge in [-0.05, 0) is 42.8 Å². The second-order valence-electron chi connectivity index (χ2n) is 5.98. The van der Waals surface area contributed by atoms with Gasteiger partial charge in [-0.1, -0.05) is 18.2 Å². The maximum atomic E-state index is 13.0. The summed E-state index contributed by atoms with van der Waals surface area (Å²) in [6, 6.07) is 14.9. The van der Waals surface area contributed by atoms with Gasteiger partial charge in [-0.2, -0.15) is 0 Å². The largest absolute Gasteiger partial charge is 0.338 e. The summed E-state index contributed by atoms with van der Waals surface area (Å²) in [4.78, 5) is 28.3. The minimum Gasteiger partial charge on any atom is -0.338 e. The highest BCUT2D eigenvalue weighted by Crippen LogP contribution is 2.23.